The fourth-order valence-corrected chi connectivity index (χ4v) is 7.32. The zero-order valence-electron chi connectivity index (χ0n) is 20.9. The van der Waals surface area contributed by atoms with Crippen LogP contribution in [0.15, 0.2) is 41.3 Å². The zero-order valence-corrected chi connectivity index (χ0v) is 22.5. The van der Waals surface area contributed by atoms with Crippen LogP contribution in [0.4, 0.5) is 14.5 Å². The van der Waals surface area contributed by atoms with Gasteiger partial charge < -0.3 is 20.3 Å². The lowest BCUT2D eigenvalue weighted by Gasteiger charge is -2.47. The number of carbonyl (C=O) groups excluding carboxylic acids is 1. The molecule has 0 bridgehead atoms. The van der Waals surface area contributed by atoms with E-state index in [-0.39, 0.29) is 53.1 Å². The first-order valence-electron chi connectivity index (χ1n) is 12.1. The van der Waals surface area contributed by atoms with Crippen LogP contribution >= 0.6 is 11.6 Å². The molecule has 1 fully saturated rings. The number of ether oxygens (including phenoxy) is 1. The number of carbonyl (C=O) groups is 1. The highest BCUT2D eigenvalue weighted by molar-refractivity contribution is 7.92. The van der Waals surface area contributed by atoms with Gasteiger partial charge in [-0.1, -0.05) is 31.9 Å². The van der Waals surface area contributed by atoms with Gasteiger partial charge >= 0.3 is 0 Å². The molecule has 0 aliphatic heterocycles. The summed E-state index contributed by atoms with van der Waals surface area (Å²) in [5, 5.41) is 22.4. The van der Waals surface area contributed by atoms with Crippen molar-refractivity contribution in [3.05, 3.63) is 58.6 Å². The van der Waals surface area contributed by atoms with Gasteiger partial charge in [0.15, 0.2) is 21.5 Å². The number of hydrogen-bond donors (Lipinski definition) is 3. The number of benzene rings is 2. The second-order valence-corrected chi connectivity index (χ2v) is 12.3. The van der Waals surface area contributed by atoms with Crippen LogP contribution in [0.2, 0.25) is 5.02 Å². The summed E-state index contributed by atoms with van der Waals surface area (Å²) in [5.41, 5.74) is -1.27. The van der Waals surface area contributed by atoms with Gasteiger partial charge in [-0.25, -0.2) is 17.2 Å². The molecule has 204 valence electrons. The maximum Gasteiger partial charge on any atom is 0.255 e. The summed E-state index contributed by atoms with van der Waals surface area (Å²) in [6.07, 6.45) is 0.133. The first-order valence-corrected chi connectivity index (χ1v) is 14.0. The molecule has 1 unspecified atom stereocenters. The van der Waals surface area contributed by atoms with Crippen LogP contribution in [0.1, 0.15) is 50.4 Å². The fraction of sp³-hybridized carbons (Fsp3) is 0.500. The molecule has 0 spiro atoms. The van der Waals surface area contributed by atoms with Gasteiger partial charge in [0.25, 0.3) is 5.91 Å². The molecule has 0 saturated heterocycles. The zero-order chi connectivity index (χ0) is 27.5. The average Bonchev–Trinajstić information content (AvgIpc) is 2.82. The van der Waals surface area contributed by atoms with E-state index in [0.717, 1.165) is 12.1 Å². The largest absolute Gasteiger partial charge is 0.391 e. The number of sulfone groups is 1. The van der Waals surface area contributed by atoms with Crippen molar-refractivity contribution in [3.8, 4) is 0 Å². The Hall–Kier alpha value is -2.11. The summed E-state index contributed by atoms with van der Waals surface area (Å²) in [6.45, 7) is 5.24. The van der Waals surface area contributed by atoms with Crippen LogP contribution in [0, 0.1) is 23.5 Å². The number of aliphatic hydroxyl groups is 2. The number of hydrogen-bond acceptors (Lipinski definition) is 6. The van der Waals surface area contributed by atoms with Crippen molar-refractivity contribution in [2.24, 2.45) is 11.8 Å². The van der Waals surface area contributed by atoms with Crippen molar-refractivity contribution in [3.63, 3.8) is 0 Å². The first-order chi connectivity index (χ1) is 17.3. The Labute approximate surface area is 220 Å². The highest BCUT2D eigenvalue weighted by Gasteiger charge is 2.50. The summed E-state index contributed by atoms with van der Waals surface area (Å²) >= 11 is 6.27. The Morgan fingerprint density at radius 2 is 1.92 bits per heavy atom. The van der Waals surface area contributed by atoms with E-state index in [1.165, 1.54) is 24.3 Å². The lowest BCUT2D eigenvalue weighted by atomic mass is 9.68. The fourth-order valence-electron chi connectivity index (χ4n) is 4.86. The summed E-state index contributed by atoms with van der Waals surface area (Å²) in [4.78, 5) is 12.5. The molecule has 3 N–H and O–H groups in total. The standard InChI is InChI=1S/C26H32ClF2NO6S/c1-4-18-11-20(9-15(2)26(18,33)14-36-13-16(3)31)37(34,35)24-10-17(5-7-21(24)27)25(32)30-19-6-8-22(28)23(29)12-19/h5-8,10,12,15-16,18,20,31,33H,4,9,11,13-14H2,1-3H3,(H,30,32)/t15-,16+,18?,20-,26-/m0/s1. The molecule has 0 heterocycles. The van der Waals surface area contributed by atoms with Gasteiger partial charge in [0.1, 0.15) is 0 Å². The molecule has 1 saturated carbocycles. The number of aliphatic hydroxyl groups excluding tert-OH is 1. The van der Waals surface area contributed by atoms with E-state index in [4.69, 9.17) is 16.3 Å². The van der Waals surface area contributed by atoms with Gasteiger partial charge in [-0.05, 0) is 61.9 Å². The molecule has 1 aliphatic rings. The smallest absolute Gasteiger partial charge is 0.255 e. The lowest BCUT2D eigenvalue weighted by molar-refractivity contribution is -0.142. The third-order valence-electron chi connectivity index (χ3n) is 7.03. The van der Waals surface area contributed by atoms with E-state index in [0.29, 0.717) is 6.42 Å². The number of amides is 1. The molecular formula is C26H32ClF2NO6S. The van der Waals surface area contributed by atoms with Crippen molar-refractivity contribution < 1.29 is 36.9 Å². The Balaban J connectivity index is 1.84. The van der Waals surface area contributed by atoms with E-state index in [9.17, 15) is 32.2 Å². The van der Waals surface area contributed by atoms with Crippen molar-refractivity contribution in [1.82, 2.24) is 0 Å². The molecule has 0 aromatic heterocycles. The molecule has 3 rings (SSSR count). The van der Waals surface area contributed by atoms with Gasteiger partial charge in [-0.3, -0.25) is 4.79 Å². The van der Waals surface area contributed by atoms with Crippen molar-refractivity contribution >= 4 is 33.0 Å². The monoisotopic (exact) mass is 559 g/mol. The average molecular weight is 560 g/mol. The van der Waals surface area contributed by atoms with E-state index in [1.807, 2.05) is 6.92 Å². The highest BCUT2D eigenvalue weighted by Crippen LogP contribution is 2.44. The van der Waals surface area contributed by atoms with E-state index < -0.39 is 50.3 Å². The predicted molar refractivity (Wildman–Crippen MR) is 136 cm³/mol. The maximum absolute atomic E-state index is 13.7. The SMILES string of the molecule is CCC1C[C@@H](S(=O)(=O)c2cc(C(=O)Nc3ccc(F)c(F)c3)ccc2Cl)C[C@H](C)[C@@]1(O)COC[C@@H](C)O. The summed E-state index contributed by atoms with van der Waals surface area (Å²) in [7, 11) is -4.01. The molecule has 1 aliphatic carbocycles. The van der Waals surface area contributed by atoms with Gasteiger partial charge in [0.05, 0.1) is 40.1 Å². The normalized spacial score (nSPS) is 25.0. The minimum atomic E-state index is -4.01. The minimum Gasteiger partial charge on any atom is -0.391 e. The van der Waals surface area contributed by atoms with Gasteiger partial charge in [0.2, 0.25) is 0 Å². The second kappa shape index (κ2) is 11.7. The Morgan fingerprint density at radius 1 is 1.22 bits per heavy atom. The minimum absolute atomic E-state index is 0.00671. The molecule has 11 heteroatoms. The van der Waals surface area contributed by atoms with E-state index in [2.05, 4.69) is 5.32 Å². The molecular weight excluding hydrogens is 528 g/mol. The van der Waals surface area contributed by atoms with Crippen LogP contribution in [-0.4, -0.2) is 54.7 Å². The van der Waals surface area contributed by atoms with E-state index in [1.54, 1.807) is 13.8 Å². The van der Waals surface area contributed by atoms with Crippen molar-refractivity contribution in [2.75, 3.05) is 18.5 Å². The lowest BCUT2D eigenvalue weighted by Crippen LogP contribution is -2.54. The number of nitrogens with one attached hydrogen (secondary N) is 1. The second-order valence-electron chi connectivity index (χ2n) is 9.73. The van der Waals surface area contributed by atoms with Gasteiger partial charge in [0, 0.05) is 17.3 Å². The maximum atomic E-state index is 13.7. The number of halogens is 3. The molecule has 2 aromatic rings. The molecule has 5 atom stereocenters. The first kappa shape index (κ1) is 29.4. The van der Waals surface area contributed by atoms with Crippen LogP contribution in [0.3, 0.4) is 0 Å². The molecule has 1 amide bonds. The number of anilines is 1. The molecule has 0 radical (unpaired) electrons. The molecule has 2 aromatic carbocycles. The van der Waals surface area contributed by atoms with Crippen LogP contribution in [0.5, 0.6) is 0 Å². The molecule has 37 heavy (non-hydrogen) atoms. The summed E-state index contributed by atoms with van der Waals surface area (Å²) < 4.78 is 59.6. The Bertz CT molecular complexity index is 1240. The van der Waals surface area contributed by atoms with Crippen LogP contribution in [0.25, 0.3) is 0 Å². The third kappa shape index (κ3) is 6.49. The summed E-state index contributed by atoms with van der Waals surface area (Å²) in [5.74, 6) is -3.73. The Kier molecular flexibility index (Phi) is 9.34. The number of rotatable bonds is 9. The third-order valence-corrected chi connectivity index (χ3v) is 9.68. The Morgan fingerprint density at radius 3 is 2.54 bits per heavy atom. The van der Waals surface area contributed by atoms with Gasteiger partial charge in [-0.2, -0.15) is 0 Å². The molecule has 7 nitrogen and oxygen atoms in total. The predicted octanol–water partition coefficient (Wildman–Crippen LogP) is 4.60. The van der Waals surface area contributed by atoms with Crippen LogP contribution in [-0.2, 0) is 14.6 Å². The quantitative estimate of drug-likeness (QED) is 0.414. The summed E-state index contributed by atoms with van der Waals surface area (Å²) in [6, 6.07) is 6.69. The topological polar surface area (TPSA) is 113 Å². The van der Waals surface area contributed by atoms with Gasteiger partial charge in [-0.15, -0.1) is 0 Å². The van der Waals surface area contributed by atoms with E-state index >= 15 is 0 Å². The van der Waals surface area contributed by atoms with Crippen molar-refractivity contribution in [2.45, 2.75) is 61.9 Å². The van der Waals surface area contributed by atoms with Crippen LogP contribution < -0.4 is 5.32 Å². The highest BCUT2D eigenvalue weighted by atomic mass is 35.5. The van der Waals surface area contributed by atoms with Crippen molar-refractivity contribution in [1.29, 1.82) is 0 Å².